The van der Waals surface area contributed by atoms with Crippen molar-refractivity contribution in [1.29, 1.82) is 0 Å². The highest BCUT2D eigenvalue weighted by Crippen LogP contribution is 2.43. The molecule has 0 heteroatoms. The monoisotopic (exact) mass is 124 g/mol. The standard InChI is InChI=1S/C9H16/c1-7-5-9(3,4)6-8(7)2/h8H,1,5-6H2,2-4H3. The van der Waals surface area contributed by atoms with Crippen molar-refractivity contribution in [3.05, 3.63) is 12.2 Å². The Hall–Kier alpha value is -0.260. The molecule has 1 unspecified atom stereocenters. The Bertz CT molecular complexity index is 131. The molecule has 0 spiro atoms. The first-order chi connectivity index (χ1) is 4.01. The molecule has 0 N–H and O–H groups in total. The van der Waals surface area contributed by atoms with Crippen LogP contribution in [-0.2, 0) is 0 Å². The zero-order chi connectivity index (χ0) is 7.07. The van der Waals surface area contributed by atoms with Crippen LogP contribution >= 0.6 is 0 Å². The van der Waals surface area contributed by atoms with E-state index in [1.165, 1.54) is 18.4 Å². The van der Waals surface area contributed by atoms with Crippen LogP contribution in [0.1, 0.15) is 33.6 Å². The van der Waals surface area contributed by atoms with E-state index < -0.39 is 0 Å². The van der Waals surface area contributed by atoms with E-state index in [9.17, 15) is 0 Å². The van der Waals surface area contributed by atoms with Crippen LogP contribution in [0.5, 0.6) is 0 Å². The summed E-state index contributed by atoms with van der Waals surface area (Å²) in [5, 5.41) is 0. The lowest BCUT2D eigenvalue weighted by Crippen LogP contribution is -2.03. The second-order valence-electron chi connectivity index (χ2n) is 4.10. The maximum absolute atomic E-state index is 4.03. The van der Waals surface area contributed by atoms with Crippen LogP contribution < -0.4 is 0 Å². The zero-order valence-corrected chi connectivity index (χ0v) is 6.70. The third kappa shape index (κ3) is 1.35. The molecule has 0 nitrogen and oxygen atoms in total. The topological polar surface area (TPSA) is 0 Å². The Morgan fingerprint density at radius 1 is 1.56 bits per heavy atom. The van der Waals surface area contributed by atoms with Crippen LogP contribution in [-0.4, -0.2) is 0 Å². The predicted molar refractivity (Wildman–Crippen MR) is 41.3 cm³/mol. The molecule has 52 valence electrons. The molecule has 0 aromatic heterocycles. The van der Waals surface area contributed by atoms with E-state index in [-0.39, 0.29) is 0 Å². The molecule has 0 aromatic carbocycles. The van der Waals surface area contributed by atoms with E-state index in [1.807, 2.05) is 0 Å². The fourth-order valence-corrected chi connectivity index (χ4v) is 1.83. The molecule has 1 aliphatic rings. The van der Waals surface area contributed by atoms with Crippen LogP contribution in [0.2, 0.25) is 0 Å². The maximum atomic E-state index is 4.03. The first-order valence-corrected chi connectivity index (χ1v) is 3.69. The molecule has 9 heavy (non-hydrogen) atoms. The van der Waals surface area contributed by atoms with Crippen molar-refractivity contribution >= 4 is 0 Å². The molecule has 0 aliphatic heterocycles. The molecule has 0 radical (unpaired) electrons. The van der Waals surface area contributed by atoms with Crippen molar-refractivity contribution in [3.63, 3.8) is 0 Å². The number of allylic oxidation sites excluding steroid dienone is 1. The number of hydrogen-bond acceptors (Lipinski definition) is 0. The fraction of sp³-hybridized carbons (Fsp3) is 0.778. The van der Waals surface area contributed by atoms with Crippen LogP contribution in [0.25, 0.3) is 0 Å². The smallest absolute Gasteiger partial charge is 0.0229 e. The van der Waals surface area contributed by atoms with Gasteiger partial charge in [0.15, 0.2) is 0 Å². The highest BCUT2D eigenvalue weighted by atomic mass is 14.4. The summed E-state index contributed by atoms with van der Waals surface area (Å²) in [5.74, 6) is 0.764. The maximum Gasteiger partial charge on any atom is -0.0229 e. The van der Waals surface area contributed by atoms with Gasteiger partial charge in [-0.1, -0.05) is 32.9 Å². The Morgan fingerprint density at radius 3 is 2.22 bits per heavy atom. The van der Waals surface area contributed by atoms with Crippen molar-refractivity contribution in [3.8, 4) is 0 Å². The van der Waals surface area contributed by atoms with Gasteiger partial charge in [-0.25, -0.2) is 0 Å². The van der Waals surface area contributed by atoms with Crippen molar-refractivity contribution < 1.29 is 0 Å². The molecule has 1 aliphatic carbocycles. The molecule has 1 saturated carbocycles. The minimum absolute atomic E-state index is 0.538. The molecule has 0 bridgehead atoms. The third-order valence-corrected chi connectivity index (χ3v) is 2.26. The van der Waals surface area contributed by atoms with Crippen molar-refractivity contribution in [2.75, 3.05) is 0 Å². The Kier molecular flexibility index (Phi) is 1.42. The Balaban J connectivity index is 2.65. The summed E-state index contributed by atoms with van der Waals surface area (Å²) >= 11 is 0. The minimum Gasteiger partial charge on any atom is -0.0996 e. The Labute approximate surface area is 58.0 Å². The van der Waals surface area contributed by atoms with Gasteiger partial charge in [-0.05, 0) is 24.2 Å². The van der Waals surface area contributed by atoms with Gasteiger partial charge in [0.25, 0.3) is 0 Å². The predicted octanol–water partition coefficient (Wildman–Crippen LogP) is 3.00. The van der Waals surface area contributed by atoms with Gasteiger partial charge in [-0.3, -0.25) is 0 Å². The molecule has 1 rings (SSSR count). The number of rotatable bonds is 0. The van der Waals surface area contributed by atoms with Crippen LogP contribution in [0.15, 0.2) is 12.2 Å². The summed E-state index contributed by atoms with van der Waals surface area (Å²) in [4.78, 5) is 0. The molecular weight excluding hydrogens is 108 g/mol. The highest BCUT2D eigenvalue weighted by molar-refractivity contribution is 5.09. The quantitative estimate of drug-likeness (QED) is 0.435. The van der Waals surface area contributed by atoms with E-state index in [1.54, 1.807) is 0 Å². The van der Waals surface area contributed by atoms with Gasteiger partial charge >= 0.3 is 0 Å². The van der Waals surface area contributed by atoms with E-state index in [2.05, 4.69) is 27.4 Å². The lowest BCUT2D eigenvalue weighted by atomic mass is 9.91. The molecule has 1 atom stereocenters. The second-order valence-corrected chi connectivity index (χ2v) is 4.10. The van der Waals surface area contributed by atoms with Gasteiger partial charge in [-0.15, -0.1) is 0 Å². The van der Waals surface area contributed by atoms with Gasteiger partial charge in [-0.2, -0.15) is 0 Å². The lowest BCUT2D eigenvalue weighted by molar-refractivity contribution is 0.367. The van der Waals surface area contributed by atoms with Crippen molar-refractivity contribution in [1.82, 2.24) is 0 Å². The average molecular weight is 124 g/mol. The zero-order valence-electron chi connectivity index (χ0n) is 6.70. The third-order valence-electron chi connectivity index (χ3n) is 2.26. The van der Waals surface area contributed by atoms with E-state index in [0.29, 0.717) is 5.41 Å². The molecule has 0 saturated heterocycles. The average Bonchev–Trinajstić information content (AvgIpc) is 1.79. The van der Waals surface area contributed by atoms with E-state index >= 15 is 0 Å². The Morgan fingerprint density at radius 2 is 2.11 bits per heavy atom. The normalized spacial score (nSPS) is 33.2. The summed E-state index contributed by atoms with van der Waals surface area (Å²) in [6.07, 6.45) is 2.56. The van der Waals surface area contributed by atoms with Crippen molar-refractivity contribution in [2.45, 2.75) is 33.6 Å². The fourth-order valence-electron chi connectivity index (χ4n) is 1.83. The largest absolute Gasteiger partial charge is 0.0996 e. The summed E-state index contributed by atoms with van der Waals surface area (Å²) < 4.78 is 0. The molecule has 0 heterocycles. The lowest BCUT2D eigenvalue weighted by Gasteiger charge is -2.14. The van der Waals surface area contributed by atoms with Crippen LogP contribution in [0.3, 0.4) is 0 Å². The molecule has 0 amide bonds. The van der Waals surface area contributed by atoms with E-state index in [4.69, 9.17) is 0 Å². The summed E-state index contributed by atoms with van der Waals surface area (Å²) in [7, 11) is 0. The molecule has 0 aromatic rings. The van der Waals surface area contributed by atoms with Crippen LogP contribution in [0.4, 0.5) is 0 Å². The number of hydrogen-bond donors (Lipinski definition) is 0. The molecule has 1 fully saturated rings. The van der Waals surface area contributed by atoms with Gasteiger partial charge in [0.1, 0.15) is 0 Å². The summed E-state index contributed by atoms with van der Waals surface area (Å²) in [5.41, 5.74) is 1.98. The van der Waals surface area contributed by atoms with E-state index in [0.717, 1.165) is 5.92 Å². The summed E-state index contributed by atoms with van der Waals surface area (Å²) in [6, 6.07) is 0. The van der Waals surface area contributed by atoms with Gasteiger partial charge in [0.05, 0.1) is 0 Å². The highest BCUT2D eigenvalue weighted by Gasteiger charge is 2.30. The first-order valence-electron chi connectivity index (χ1n) is 3.69. The summed E-state index contributed by atoms with van der Waals surface area (Å²) in [6.45, 7) is 10.9. The van der Waals surface area contributed by atoms with Gasteiger partial charge in [0.2, 0.25) is 0 Å². The van der Waals surface area contributed by atoms with Crippen LogP contribution in [0, 0.1) is 11.3 Å². The SMILES string of the molecule is C=C1CC(C)(C)CC1C. The minimum atomic E-state index is 0.538. The first kappa shape index (κ1) is 6.85. The van der Waals surface area contributed by atoms with Crippen molar-refractivity contribution in [2.24, 2.45) is 11.3 Å². The molecular formula is C9H16. The van der Waals surface area contributed by atoms with Gasteiger partial charge < -0.3 is 0 Å². The second kappa shape index (κ2) is 1.86. The van der Waals surface area contributed by atoms with Gasteiger partial charge in [0, 0.05) is 0 Å².